The highest BCUT2D eigenvalue weighted by molar-refractivity contribution is 6.06. The number of hydrogen-bond donors (Lipinski definition) is 1. The van der Waals surface area contributed by atoms with Crippen molar-refractivity contribution in [3.63, 3.8) is 0 Å². The standard InChI is InChI=1S/C17H20N2O/c1-9(2)12-8-13-11-6-5-7-19-17(11)20-16(13)14(10(3)4)15(12)18/h5-10H,18H2,1-4H3. The van der Waals surface area contributed by atoms with Crippen molar-refractivity contribution in [1.29, 1.82) is 0 Å². The summed E-state index contributed by atoms with van der Waals surface area (Å²) < 4.78 is 5.97. The van der Waals surface area contributed by atoms with Gasteiger partial charge in [-0.15, -0.1) is 0 Å². The maximum atomic E-state index is 6.39. The summed E-state index contributed by atoms with van der Waals surface area (Å²) in [5.74, 6) is 0.704. The fourth-order valence-corrected chi connectivity index (χ4v) is 2.86. The van der Waals surface area contributed by atoms with Gasteiger partial charge in [-0.25, -0.2) is 4.98 Å². The molecule has 3 aromatic rings. The van der Waals surface area contributed by atoms with E-state index in [4.69, 9.17) is 10.2 Å². The average Bonchev–Trinajstić information content (AvgIpc) is 2.74. The Hall–Kier alpha value is -2.03. The van der Waals surface area contributed by atoms with Gasteiger partial charge in [0.05, 0.1) is 0 Å². The van der Waals surface area contributed by atoms with Crippen LogP contribution in [0, 0.1) is 0 Å². The number of furan rings is 1. The molecule has 0 radical (unpaired) electrons. The highest BCUT2D eigenvalue weighted by atomic mass is 16.3. The molecule has 20 heavy (non-hydrogen) atoms. The second-order valence-corrected chi connectivity index (χ2v) is 5.94. The number of nitrogens with two attached hydrogens (primary N) is 1. The minimum absolute atomic E-state index is 0.316. The minimum atomic E-state index is 0.316. The maximum absolute atomic E-state index is 6.39. The van der Waals surface area contributed by atoms with Crippen LogP contribution in [0.2, 0.25) is 0 Å². The number of fused-ring (bicyclic) bond motifs is 3. The summed E-state index contributed by atoms with van der Waals surface area (Å²) in [6, 6.07) is 6.16. The molecule has 0 atom stereocenters. The van der Waals surface area contributed by atoms with Crippen molar-refractivity contribution < 1.29 is 4.42 Å². The van der Waals surface area contributed by atoms with Gasteiger partial charge in [0.1, 0.15) is 5.58 Å². The highest BCUT2D eigenvalue weighted by Crippen LogP contribution is 2.40. The van der Waals surface area contributed by atoms with Gasteiger partial charge >= 0.3 is 0 Å². The van der Waals surface area contributed by atoms with E-state index in [1.54, 1.807) is 6.20 Å². The molecular formula is C17H20N2O. The minimum Gasteiger partial charge on any atom is -0.437 e. The number of benzene rings is 1. The third-order valence-corrected chi connectivity index (χ3v) is 3.85. The summed E-state index contributed by atoms with van der Waals surface area (Å²) >= 11 is 0. The molecule has 2 N–H and O–H groups in total. The molecule has 0 bridgehead atoms. The summed E-state index contributed by atoms with van der Waals surface area (Å²) in [6.07, 6.45) is 1.76. The van der Waals surface area contributed by atoms with Crippen LogP contribution < -0.4 is 5.73 Å². The van der Waals surface area contributed by atoms with Gasteiger partial charge in [-0.05, 0) is 35.6 Å². The lowest BCUT2D eigenvalue weighted by Gasteiger charge is -2.16. The Morgan fingerprint density at radius 1 is 1.10 bits per heavy atom. The van der Waals surface area contributed by atoms with Crippen LogP contribution in [0.25, 0.3) is 22.1 Å². The van der Waals surface area contributed by atoms with Crippen molar-refractivity contribution in [3.8, 4) is 0 Å². The van der Waals surface area contributed by atoms with Crippen LogP contribution in [-0.4, -0.2) is 4.98 Å². The maximum Gasteiger partial charge on any atom is 0.227 e. The van der Waals surface area contributed by atoms with Crippen molar-refractivity contribution >= 4 is 27.8 Å². The highest BCUT2D eigenvalue weighted by Gasteiger charge is 2.20. The quantitative estimate of drug-likeness (QED) is 0.678. The fourth-order valence-electron chi connectivity index (χ4n) is 2.86. The van der Waals surface area contributed by atoms with E-state index >= 15 is 0 Å². The molecule has 0 saturated carbocycles. The molecule has 2 heterocycles. The van der Waals surface area contributed by atoms with E-state index in [9.17, 15) is 0 Å². The van der Waals surface area contributed by atoms with Gasteiger partial charge in [0.2, 0.25) is 5.71 Å². The normalized spacial score (nSPS) is 12.1. The molecule has 0 unspecified atom stereocenters. The Balaban J connectivity index is 2.51. The molecule has 3 rings (SSSR count). The first-order valence-electron chi connectivity index (χ1n) is 7.10. The first-order chi connectivity index (χ1) is 9.50. The van der Waals surface area contributed by atoms with Gasteiger partial charge in [0.15, 0.2) is 0 Å². The van der Waals surface area contributed by atoms with Gasteiger partial charge in [-0.2, -0.15) is 0 Å². The zero-order valence-corrected chi connectivity index (χ0v) is 12.4. The second-order valence-electron chi connectivity index (χ2n) is 5.94. The van der Waals surface area contributed by atoms with Crippen LogP contribution in [0.3, 0.4) is 0 Å². The largest absolute Gasteiger partial charge is 0.437 e. The van der Waals surface area contributed by atoms with E-state index in [0.29, 0.717) is 17.5 Å². The van der Waals surface area contributed by atoms with Gasteiger partial charge < -0.3 is 10.2 Å². The Bertz CT molecular complexity index is 784. The Kier molecular flexibility index (Phi) is 2.93. The lowest BCUT2D eigenvalue weighted by molar-refractivity contribution is 0.643. The van der Waals surface area contributed by atoms with Crippen LogP contribution in [0.1, 0.15) is 50.7 Å². The molecule has 3 nitrogen and oxygen atoms in total. The number of aromatic nitrogens is 1. The Morgan fingerprint density at radius 2 is 1.85 bits per heavy atom. The summed E-state index contributed by atoms with van der Waals surface area (Å²) in [5, 5.41) is 2.18. The van der Waals surface area contributed by atoms with E-state index in [2.05, 4.69) is 44.8 Å². The van der Waals surface area contributed by atoms with Crippen LogP contribution in [0.4, 0.5) is 5.69 Å². The molecule has 2 aromatic heterocycles. The molecule has 104 valence electrons. The van der Waals surface area contributed by atoms with Crippen molar-refractivity contribution in [3.05, 3.63) is 35.5 Å². The molecule has 0 saturated heterocycles. The van der Waals surface area contributed by atoms with Crippen LogP contribution >= 0.6 is 0 Å². The summed E-state index contributed by atoms with van der Waals surface area (Å²) in [4.78, 5) is 4.32. The van der Waals surface area contributed by atoms with E-state index < -0.39 is 0 Å². The lowest BCUT2D eigenvalue weighted by Crippen LogP contribution is -2.03. The van der Waals surface area contributed by atoms with Crippen molar-refractivity contribution in [2.75, 3.05) is 5.73 Å². The monoisotopic (exact) mass is 268 g/mol. The zero-order valence-electron chi connectivity index (χ0n) is 12.4. The summed E-state index contributed by atoms with van der Waals surface area (Å²) in [5.41, 5.74) is 11.1. The van der Waals surface area contributed by atoms with E-state index in [1.807, 2.05) is 6.07 Å². The van der Waals surface area contributed by atoms with Crippen LogP contribution in [-0.2, 0) is 0 Å². The molecule has 0 spiro atoms. The third kappa shape index (κ3) is 1.77. The number of hydrogen-bond acceptors (Lipinski definition) is 3. The second kappa shape index (κ2) is 4.51. The first kappa shape index (κ1) is 13.0. The number of anilines is 1. The summed E-state index contributed by atoms with van der Waals surface area (Å²) in [6.45, 7) is 8.63. The smallest absolute Gasteiger partial charge is 0.227 e. The van der Waals surface area contributed by atoms with Gasteiger partial charge in [0.25, 0.3) is 0 Å². The van der Waals surface area contributed by atoms with Gasteiger partial charge in [-0.3, -0.25) is 0 Å². The van der Waals surface area contributed by atoms with E-state index in [1.165, 1.54) is 5.56 Å². The van der Waals surface area contributed by atoms with Crippen molar-refractivity contribution in [2.45, 2.75) is 39.5 Å². The fraction of sp³-hybridized carbons (Fsp3) is 0.353. The molecule has 0 fully saturated rings. The first-order valence-corrected chi connectivity index (χ1v) is 7.10. The van der Waals surface area contributed by atoms with Crippen LogP contribution in [0.15, 0.2) is 28.8 Å². The van der Waals surface area contributed by atoms with E-state index in [0.717, 1.165) is 27.6 Å². The molecule has 0 aliphatic rings. The number of pyridine rings is 1. The molecule has 0 amide bonds. The Morgan fingerprint density at radius 3 is 2.50 bits per heavy atom. The number of rotatable bonds is 2. The van der Waals surface area contributed by atoms with Gasteiger partial charge in [-0.1, -0.05) is 27.7 Å². The molecule has 3 heteroatoms. The molecule has 0 aliphatic carbocycles. The molecular weight excluding hydrogens is 248 g/mol. The Labute approximate surface area is 118 Å². The van der Waals surface area contributed by atoms with Crippen molar-refractivity contribution in [2.24, 2.45) is 0 Å². The SMILES string of the molecule is CC(C)c1cc2c(oc3ncccc32)c(C(C)C)c1N. The number of nitrogens with zero attached hydrogens (tertiary/aromatic N) is 1. The van der Waals surface area contributed by atoms with E-state index in [-0.39, 0.29) is 0 Å². The predicted octanol–water partition coefficient (Wildman–Crippen LogP) is 4.81. The summed E-state index contributed by atoms with van der Waals surface area (Å²) in [7, 11) is 0. The molecule has 1 aromatic carbocycles. The lowest BCUT2D eigenvalue weighted by atomic mass is 9.90. The topological polar surface area (TPSA) is 52.0 Å². The van der Waals surface area contributed by atoms with Crippen LogP contribution in [0.5, 0.6) is 0 Å². The predicted molar refractivity (Wildman–Crippen MR) is 84.1 cm³/mol. The van der Waals surface area contributed by atoms with Crippen molar-refractivity contribution in [1.82, 2.24) is 4.98 Å². The molecule has 0 aliphatic heterocycles. The zero-order chi connectivity index (χ0) is 14.4. The average molecular weight is 268 g/mol. The third-order valence-electron chi connectivity index (χ3n) is 3.85. The van der Waals surface area contributed by atoms with Gasteiger partial charge in [0, 0.05) is 28.2 Å². The number of nitrogen functional groups attached to an aromatic ring is 1.